The number of hydrogen-bond donors (Lipinski definition) is 1. The Balaban J connectivity index is 1.85. The molecule has 0 fully saturated rings. The van der Waals surface area contributed by atoms with Crippen molar-refractivity contribution in [3.05, 3.63) is 54.1 Å². The summed E-state index contributed by atoms with van der Waals surface area (Å²) >= 11 is 0. The highest BCUT2D eigenvalue weighted by Gasteiger charge is 2.24. The van der Waals surface area contributed by atoms with Crippen LogP contribution in [0.5, 0.6) is 5.75 Å². The number of para-hydroxylation sites is 2. The van der Waals surface area contributed by atoms with Gasteiger partial charge in [0, 0.05) is 6.54 Å². The van der Waals surface area contributed by atoms with E-state index >= 15 is 0 Å². The molecule has 1 N–H and O–H groups in total. The van der Waals surface area contributed by atoms with Gasteiger partial charge in [-0.25, -0.2) is 4.98 Å². The van der Waals surface area contributed by atoms with Gasteiger partial charge in [-0.15, -0.1) is 0 Å². The molecule has 1 aliphatic rings. The maximum absolute atomic E-state index is 5.25. The Hall–Kier alpha value is -2.49. The molecule has 0 saturated heterocycles. The van der Waals surface area contributed by atoms with Crippen molar-refractivity contribution in [2.75, 3.05) is 19.0 Å². The fourth-order valence-corrected chi connectivity index (χ4v) is 3.08. The number of benzene rings is 2. The summed E-state index contributed by atoms with van der Waals surface area (Å²) in [6, 6.07) is 17.0. The van der Waals surface area contributed by atoms with Crippen molar-refractivity contribution in [3.63, 3.8) is 0 Å². The number of hydrogen-bond acceptors (Lipinski definition) is 3. The Kier molecular flexibility index (Phi) is 2.81. The first-order valence-electron chi connectivity index (χ1n) is 7.21. The molecule has 3 aromatic rings. The van der Waals surface area contributed by atoms with Crippen LogP contribution in [0.15, 0.2) is 48.5 Å². The maximum Gasteiger partial charge on any atom is 0.204 e. The van der Waals surface area contributed by atoms with Crippen LogP contribution in [-0.2, 0) is 0 Å². The molecule has 1 unspecified atom stereocenters. The highest BCUT2D eigenvalue weighted by Crippen LogP contribution is 2.34. The summed E-state index contributed by atoms with van der Waals surface area (Å²) in [5, 5.41) is 3.40. The van der Waals surface area contributed by atoms with E-state index in [4.69, 9.17) is 4.74 Å². The number of rotatable bonds is 2. The molecular weight excluding hydrogens is 262 g/mol. The van der Waals surface area contributed by atoms with Gasteiger partial charge in [0.1, 0.15) is 5.75 Å². The average molecular weight is 279 g/mol. The number of ether oxygens (including phenoxy) is 1. The molecule has 2 heterocycles. The minimum Gasteiger partial charge on any atom is -0.497 e. The normalized spacial score (nSPS) is 17.3. The van der Waals surface area contributed by atoms with E-state index in [0.717, 1.165) is 30.2 Å². The first-order valence-corrected chi connectivity index (χ1v) is 7.21. The Morgan fingerprint density at radius 3 is 2.76 bits per heavy atom. The van der Waals surface area contributed by atoms with Crippen molar-refractivity contribution in [2.45, 2.75) is 12.5 Å². The highest BCUT2D eigenvalue weighted by molar-refractivity contribution is 5.79. The number of methoxy groups -OCH3 is 1. The second kappa shape index (κ2) is 4.81. The van der Waals surface area contributed by atoms with Crippen LogP contribution >= 0.6 is 0 Å². The van der Waals surface area contributed by atoms with E-state index in [1.54, 1.807) is 7.11 Å². The van der Waals surface area contributed by atoms with Gasteiger partial charge in [0.2, 0.25) is 5.95 Å². The van der Waals surface area contributed by atoms with Gasteiger partial charge in [0.15, 0.2) is 0 Å². The van der Waals surface area contributed by atoms with Crippen LogP contribution in [0.1, 0.15) is 18.0 Å². The number of imidazole rings is 1. The Labute approximate surface area is 123 Å². The van der Waals surface area contributed by atoms with Crippen LogP contribution in [0.25, 0.3) is 11.0 Å². The number of fused-ring (bicyclic) bond motifs is 3. The molecule has 4 nitrogen and oxygen atoms in total. The molecule has 1 aliphatic heterocycles. The van der Waals surface area contributed by atoms with Crippen molar-refractivity contribution < 1.29 is 4.74 Å². The van der Waals surface area contributed by atoms with Gasteiger partial charge in [0.25, 0.3) is 0 Å². The molecule has 0 radical (unpaired) electrons. The third-order valence-corrected chi connectivity index (χ3v) is 4.11. The predicted octanol–water partition coefficient (Wildman–Crippen LogP) is 3.45. The first kappa shape index (κ1) is 12.3. The summed E-state index contributed by atoms with van der Waals surface area (Å²) in [4.78, 5) is 4.69. The average Bonchev–Trinajstić information content (AvgIpc) is 2.93. The summed E-state index contributed by atoms with van der Waals surface area (Å²) in [7, 11) is 1.70. The van der Waals surface area contributed by atoms with Crippen LogP contribution in [0, 0.1) is 0 Å². The number of aromatic nitrogens is 2. The monoisotopic (exact) mass is 279 g/mol. The lowest BCUT2D eigenvalue weighted by Crippen LogP contribution is -2.23. The van der Waals surface area contributed by atoms with Crippen LogP contribution in [0.4, 0.5) is 5.95 Å². The Bertz CT molecular complexity index is 776. The molecule has 0 bridgehead atoms. The predicted molar refractivity (Wildman–Crippen MR) is 84.0 cm³/mol. The third kappa shape index (κ3) is 1.95. The summed E-state index contributed by atoms with van der Waals surface area (Å²) in [5.41, 5.74) is 3.52. The molecule has 0 amide bonds. The highest BCUT2D eigenvalue weighted by atomic mass is 16.5. The summed E-state index contributed by atoms with van der Waals surface area (Å²) in [6.07, 6.45) is 1.06. The zero-order valence-electron chi connectivity index (χ0n) is 11.9. The van der Waals surface area contributed by atoms with Gasteiger partial charge in [-0.3, -0.25) is 0 Å². The number of nitrogens with zero attached hydrogens (tertiary/aromatic N) is 2. The Morgan fingerprint density at radius 2 is 1.95 bits per heavy atom. The SMILES string of the molecule is COc1ccc(C2CCNc3nc4ccccc4n32)cc1. The second-order valence-electron chi connectivity index (χ2n) is 5.30. The molecule has 1 atom stereocenters. The molecule has 2 aromatic carbocycles. The molecule has 4 rings (SSSR count). The summed E-state index contributed by atoms with van der Waals surface area (Å²) < 4.78 is 7.56. The van der Waals surface area contributed by atoms with E-state index in [0.29, 0.717) is 6.04 Å². The largest absolute Gasteiger partial charge is 0.497 e. The minimum atomic E-state index is 0.319. The van der Waals surface area contributed by atoms with E-state index in [1.807, 2.05) is 18.2 Å². The molecular formula is C17H17N3O. The van der Waals surface area contributed by atoms with Crippen LogP contribution in [0.2, 0.25) is 0 Å². The van der Waals surface area contributed by atoms with Crippen molar-refractivity contribution in [3.8, 4) is 5.75 Å². The van der Waals surface area contributed by atoms with E-state index in [9.17, 15) is 0 Å². The molecule has 0 aliphatic carbocycles. The second-order valence-corrected chi connectivity index (χ2v) is 5.30. The van der Waals surface area contributed by atoms with Gasteiger partial charge in [-0.2, -0.15) is 0 Å². The summed E-state index contributed by atoms with van der Waals surface area (Å²) in [6.45, 7) is 0.944. The smallest absolute Gasteiger partial charge is 0.204 e. The van der Waals surface area contributed by atoms with Gasteiger partial charge < -0.3 is 14.6 Å². The standard InChI is InChI=1S/C17H17N3O/c1-21-13-8-6-12(7-9-13)15-10-11-18-17-19-14-4-2-3-5-16(14)20(15)17/h2-9,15H,10-11H2,1H3,(H,18,19). The zero-order valence-corrected chi connectivity index (χ0v) is 11.9. The molecule has 0 spiro atoms. The number of anilines is 1. The minimum absolute atomic E-state index is 0.319. The van der Waals surface area contributed by atoms with Crippen molar-refractivity contribution in [1.82, 2.24) is 9.55 Å². The fraction of sp³-hybridized carbons (Fsp3) is 0.235. The van der Waals surface area contributed by atoms with Crippen molar-refractivity contribution >= 4 is 17.0 Å². The molecule has 4 heteroatoms. The van der Waals surface area contributed by atoms with Crippen LogP contribution in [-0.4, -0.2) is 23.2 Å². The third-order valence-electron chi connectivity index (χ3n) is 4.11. The van der Waals surface area contributed by atoms with E-state index < -0.39 is 0 Å². The molecule has 21 heavy (non-hydrogen) atoms. The topological polar surface area (TPSA) is 39.1 Å². The summed E-state index contributed by atoms with van der Waals surface area (Å²) in [5.74, 6) is 1.85. The van der Waals surface area contributed by atoms with Crippen molar-refractivity contribution in [2.24, 2.45) is 0 Å². The lowest BCUT2D eigenvalue weighted by Gasteiger charge is -2.27. The van der Waals surface area contributed by atoms with Crippen LogP contribution in [0.3, 0.4) is 0 Å². The van der Waals surface area contributed by atoms with Gasteiger partial charge >= 0.3 is 0 Å². The maximum atomic E-state index is 5.25. The van der Waals surface area contributed by atoms with Crippen LogP contribution < -0.4 is 10.1 Å². The van der Waals surface area contributed by atoms with Crippen molar-refractivity contribution in [1.29, 1.82) is 0 Å². The fourth-order valence-electron chi connectivity index (χ4n) is 3.08. The van der Waals surface area contributed by atoms with E-state index in [1.165, 1.54) is 11.1 Å². The van der Waals surface area contributed by atoms with Gasteiger partial charge in [0.05, 0.1) is 24.2 Å². The van der Waals surface area contributed by atoms with E-state index in [-0.39, 0.29) is 0 Å². The number of nitrogens with one attached hydrogen (secondary N) is 1. The zero-order chi connectivity index (χ0) is 14.2. The van der Waals surface area contributed by atoms with Gasteiger partial charge in [-0.05, 0) is 36.2 Å². The van der Waals surface area contributed by atoms with Gasteiger partial charge in [-0.1, -0.05) is 24.3 Å². The Morgan fingerprint density at radius 1 is 1.14 bits per heavy atom. The molecule has 1 aromatic heterocycles. The lowest BCUT2D eigenvalue weighted by atomic mass is 10.0. The first-order chi connectivity index (χ1) is 10.4. The molecule has 0 saturated carbocycles. The molecule has 106 valence electrons. The quantitative estimate of drug-likeness (QED) is 0.781. The lowest BCUT2D eigenvalue weighted by molar-refractivity contribution is 0.414. The van der Waals surface area contributed by atoms with E-state index in [2.05, 4.69) is 45.2 Å².